The van der Waals surface area contributed by atoms with Crippen molar-refractivity contribution in [3.63, 3.8) is 0 Å². The molecular weight excluding hydrogens is 322 g/mol. The fourth-order valence-corrected chi connectivity index (χ4v) is 4.79. The molecule has 128 valence electrons. The molecule has 0 aliphatic carbocycles. The van der Waals surface area contributed by atoms with Gasteiger partial charge in [0.25, 0.3) is 0 Å². The van der Waals surface area contributed by atoms with Gasteiger partial charge < -0.3 is 9.64 Å². The Hall–Kier alpha value is -1.66. The van der Waals surface area contributed by atoms with E-state index in [1.54, 1.807) is 11.3 Å². The third-order valence-electron chi connectivity index (χ3n) is 4.98. The topological polar surface area (TPSA) is 47.4 Å². The Morgan fingerprint density at radius 1 is 1.50 bits per heavy atom. The van der Waals surface area contributed by atoms with Gasteiger partial charge in [-0.2, -0.15) is 5.10 Å². The van der Waals surface area contributed by atoms with Crippen LogP contribution in [0.2, 0.25) is 0 Å². The Morgan fingerprint density at radius 3 is 3.25 bits per heavy atom. The molecule has 1 amide bonds. The maximum absolute atomic E-state index is 12.9. The van der Waals surface area contributed by atoms with E-state index in [0.29, 0.717) is 6.42 Å². The van der Waals surface area contributed by atoms with Crippen LogP contribution in [-0.2, 0) is 22.5 Å². The molecular formula is C18H23N3O2S. The molecule has 0 N–H and O–H groups in total. The van der Waals surface area contributed by atoms with Gasteiger partial charge in [-0.3, -0.25) is 9.48 Å². The number of nitrogens with zero attached hydrogens (tertiary/aromatic N) is 3. The van der Waals surface area contributed by atoms with Gasteiger partial charge >= 0.3 is 0 Å². The van der Waals surface area contributed by atoms with E-state index in [2.05, 4.69) is 16.5 Å². The Kier molecular flexibility index (Phi) is 4.41. The van der Waals surface area contributed by atoms with Crippen molar-refractivity contribution in [2.24, 2.45) is 0 Å². The summed E-state index contributed by atoms with van der Waals surface area (Å²) < 4.78 is 7.85. The van der Waals surface area contributed by atoms with Gasteiger partial charge in [-0.25, -0.2) is 0 Å². The molecule has 5 nitrogen and oxygen atoms in total. The third-order valence-corrected chi connectivity index (χ3v) is 6.03. The van der Waals surface area contributed by atoms with Crippen LogP contribution < -0.4 is 0 Å². The first-order valence-corrected chi connectivity index (χ1v) is 9.55. The van der Waals surface area contributed by atoms with Crippen molar-refractivity contribution in [3.05, 3.63) is 39.8 Å². The van der Waals surface area contributed by atoms with Crippen LogP contribution >= 0.6 is 11.3 Å². The van der Waals surface area contributed by atoms with Crippen molar-refractivity contribution < 1.29 is 9.53 Å². The normalized spacial score (nSPS) is 23.5. The van der Waals surface area contributed by atoms with Gasteiger partial charge in [0.2, 0.25) is 5.91 Å². The maximum atomic E-state index is 12.9. The van der Waals surface area contributed by atoms with E-state index in [0.717, 1.165) is 44.5 Å². The lowest BCUT2D eigenvalue weighted by molar-refractivity contribution is -0.135. The van der Waals surface area contributed by atoms with E-state index in [4.69, 9.17) is 4.74 Å². The van der Waals surface area contributed by atoms with Crippen molar-refractivity contribution >= 4 is 17.2 Å². The van der Waals surface area contributed by atoms with Crippen LogP contribution in [0.25, 0.3) is 0 Å². The molecule has 1 saturated heterocycles. The number of carbonyl (C=O) groups excluding carboxylic acids is 1. The van der Waals surface area contributed by atoms with Crippen molar-refractivity contribution in [3.8, 4) is 0 Å². The van der Waals surface area contributed by atoms with Crippen LogP contribution in [0, 0.1) is 6.92 Å². The highest BCUT2D eigenvalue weighted by Crippen LogP contribution is 2.35. The second-order valence-corrected chi connectivity index (χ2v) is 7.69. The smallest absolute Gasteiger partial charge is 0.225 e. The molecule has 0 unspecified atom stereocenters. The summed E-state index contributed by atoms with van der Waals surface area (Å²) in [6.45, 7) is 4.40. The maximum Gasteiger partial charge on any atom is 0.225 e. The minimum absolute atomic E-state index is 0.0607. The van der Waals surface area contributed by atoms with Crippen LogP contribution in [-0.4, -0.2) is 39.8 Å². The van der Waals surface area contributed by atoms with Crippen LogP contribution in [0.15, 0.2) is 23.8 Å². The lowest BCUT2D eigenvalue weighted by atomic mass is 10.0. The molecule has 0 bridgehead atoms. The predicted molar refractivity (Wildman–Crippen MR) is 93.0 cm³/mol. The van der Waals surface area contributed by atoms with Gasteiger partial charge in [-0.15, -0.1) is 11.3 Å². The molecule has 2 aliphatic heterocycles. The fraction of sp³-hybridized carbons (Fsp3) is 0.556. The molecule has 4 heterocycles. The number of thiophene rings is 1. The van der Waals surface area contributed by atoms with E-state index in [1.165, 1.54) is 10.4 Å². The first-order valence-electron chi connectivity index (χ1n) is 8.67. The predicted octanol–water partition coefficient (Wildman–Crippen LogP) is 2.95. The molecule has 2 aromatic heterocycles. The average Bonchev–Trinajstić information content (AvgIpc) is 3.29. The summed E-state index contributed by atoms with van der Waals surface area (Å²) in [7, 11) is 0. The van der Waals surface area contributed by atoms with E-state index in [9.17, 15) is 4.79 Å². The summed E-state index contributed by atoms with van der Waals surface area (Å²) in [5.41, 5.74) is 2.51. The van der Waals surface area contributed by atoms with Gasteiger partial charge in [-0.1, -0.05) is 0 Å². The number of hydrogen-bond acceptors (Lipinski definition) is 4. The second-order valence-electron chi connectivity index (χ2n) is 6.75. The fourth-order valence-electron chi connectivity index (χ4n) is 3.79. The van der Waals surface area contributed by atoms with E-state index in [-0.39, 0.29) is 18.1 Å². The lowest BCUT2D eigenvalue weighted by Crippen LogP contribution is -2.39. The highest BCUT2D eigenvalue weighted by Gasteiger charge is 2.32. The zero-order chi connectivity index (χ0) is 16.5. The number of hydrogen-bond donors (Lipinski definition) is 0. The molecule has 2 atom stereocenters. The van der Waals surface area contributed by atoms with Gasteiger partial charge in [0.1, 0.15) is 6.10 Å². The van der Waals surface area contributed by atoms with Crippen molar-refractivity contribution in [1.29, 1.82) is 0 Å². The average molecular weight is 345 g/mol. The summed E-state index contributed by atoms with van der Waals surface area (Å²) in [6, 6.07) is 2.42. The quantitative estimate of drug-likeness (QED) is 0.856. The zero-order valence-electron chi connectivity index (χ0n) is 14.0. The number of likely N-dealkylation sites (tertiary alicyclic amines) is 1. The monoisotopic (exact) mass is 345 g/mol. The summed E-state index contributed by atoms with van der Waals surface area (Å²) in [4.78, 5) is 16.2. The highest BCUT2D eigenvalue weighted by atomic mass is 32.1. The van der Waals surface area contributed by atoms with Gasteiger partial charge in [-0.05, 0) is 48.8 Å². The summed E-state index contributed by atoms with van der Waals surface area (Å²) in [5.74, 6) is 0.215. The Labute approximate surface area is 146 Å². The number of amides is 1. The van der Waals surface area contributed by atoms with Crippen LogP contribution in [0.3, 0.4) is 0 Å². The van der Waals surface area contributed by atoms with Gasteiger partial charge in [0.05, 0.1) is 31.8 Å². The molecule has 0 spiro atoms. The molecule has 2 aromatic rings. The number of carbonyl (C=O) groups is 1. The highest BCUT2D eigenvalue weighted by molar-refractivity contribution is 7.10. The Bertz CT molecular complexity index is 723. The molecule has 4 rings (SSSR count). The van der Waals surface area contributed by atoms with Crippen LogP contribution in [0.1, 0.15) is 41.4 Å². The standard InChI is InChI=1S/C18H23N3O2S/c1-13-10-19-20(11-13)12-15-3-2-6-21(15)17(22)9-16-18-14(4-7-23-16)5-8-24-18/h5,8,10-11,15-16H,2-4,6-7,9,12H2,1H3/t15-,16-/m1/s1. The SMILES string of the molecule is Cc1cnn(C[C@H]2CCCN2C(=O)C[C@H]2OCCc3ccsc32)c1. The molecule has 2 aliphatic rings. The second kappa shape index (κ2) is 6.69. The van der Waals surface area contributed by atoms with Crippen molar-refractivity contribution in [1.82, 2.24) is 14.7 Å². The number of rotatable bonds is 4. The minimum atomic E-state index is -0.0607. The molecule has 6 heteroatoms. The third kappa shape index (κ3) is 3.13. The van der Waals surface area contributed by atoms with Crippen molar-refractivity contribution in [2.75, 3.05) is 13.2 Å². The summed E-state index contributed by atoms with van der Waals surface area (Å²) in [6.07, 6.45) is 7.41. The van der Waals surface area contributed by atoms with Crippen molar-refractivity contribution in [2.45, 2.75) is 51.3 Å². The number of aromatic nitrogens is 2. The number of ether oxygens (including phenoxy) is 1. The first-order chi connectivity index (χ1) is 11.7. The summed E-state index contributed by atoms with van der Waals surface area (Å²) in [5, 5.41) is 6.47. The van der Waals surface area contributed by atoms with Gasteiger partial charge in [0.15, 0.2) is 0 Å². The number of aryl methyl sites for hydroxylation is 1. The lowest BCUT2D eigenvalue weighted by Gasteiger charge is -2.28. The molecule has 24 heavy (non-hydrogen) atoms. The minimum Gasteiger partial charge on any atom is -0.372 e. The van der Waals surface area contributed by atoms with E-state index in [1.807, 2.05) is 28.9 Å². The van der Waals surface area contributed by atoms with Gasteiger partial charge in [0, 0.05) is 17.6 Å². The summed E-state index contributed by atoms with van der Waals surface area (Å²) >= 11 is 1.71. The molecule has 1 fully saturated rings. The van der Waals surface area contributed by atoms with Crippen LogP contribution in [0.5, 0.6) is 0 Å². The zero-order valence-corrected chi connectivity index (χ0v) is 14.8. The van der Waals surface area contributed by atoms with E-state index < -0.39 is 0 Å². The largest absolute Gasteiger partial charge is 0.372 e. The Balaban J connectivity index is 1.42. The molecule has 0 radical (unpaired) electrons. The van der Waals surface area contributed by atoms with E-state index >= 15 is 0 Å². The Morgan fingerprint density at radius 2 is 2.42 bits per heavy atom. The number of fused-ring (bicyclic) bond motifs is 1. The first kappa shape index (κ1) is 15.8. The molecule has 0 saturated carbocycles. The molecule has 0 aromatic carbocycles. The van der Waals surface area contributed by atoms with Crippen LogP contribution in [0.4, 0.5) is 0 Å².